The van der Waals surface area contributed by atoms with Crippen molar-refractivity contribution in [1.29, 1.82) is 0 Å². The molecule has 0 atom stereocenters. The molecule has 2 aromatic heterocycles. The molecular formula is C21H19N5O2. The molecule has 0 saturated carbocycles. The summed E-state index contributed by atoms with van der Waals surface area (Å²) in [4.78, 5) is 12.4. The minimum absolute atomic E-state index is 0.286. The summed E-state index contributed by atoms with van der Waals surface area (Å²) >= 11 is 0. The molecule has 0 saturated heterocycles. The van der Waals surface area contributed by atoms with Gasteiger partial charge in [0.05, 0.1) is 19.3 Å². The largest absolute Gasteiger partial charge is 0.462 e. The van der Waals surface area contributed by atoms with Crippen molar-refractivity contribution >= 4 is 5.97 Å². The molecule has 2 heterocycles. The van der Waals surface area contributed by atoms with Crippen molar-refractivity contribution in [2.75, 3.05) is 6.61 Å². The van der Waals surface area contributed by atoms with Crippen LogP contribution in [0, 0.1) is 0 Å². The summed E-state index contributed by atoms with van der Waals surface area (Å²) in [5.74, 6) is -0.0439. The monoisotopic (exact) mass is 373 g/mol. The molecule has 0 radical (unpaired) electrons. The summed E-state index contributed by atoms with van der Waals surface area (Å²) in [6.45, 7) is 2.59. The number of ether oxygens (including phenoxy) is 1. The molecule has 7 nitrogen and oxygen atoms in total. The van der Waals surface area contributed by atoms with E-state index in [2.05, 4.69) is 15.4 Å². The fourth-order valence-electron chi connectivity index (χ4n) is 2.89. The van der Waals surface area contributed by atoms with Gasteiger partial charge in [0.25, 0.3) is 0 Å². The second kappa shape index (κ2) is 7.87. The molecule has 140 valence electrons. The molecule has 0 N–H and O–H groups in total. The van der Waals surface area contributed by atoms with E-state index in [9.17, 15) is 4.79 Å². The van der Waals surface area contributed by atoms with Crippen LogP contribution in [-0.2, 0) is 11.3 Å². The van der Waals surface area contributed by atoms with Gasteiger partial charge in [0, 0.05) is 11.8 Å². The highest BCUT2D eigenvalue weighted by atomic mass is 16.5. The average molecular weight is 373 g/mol. The van der Waals surface area contributed by atoms with Crippen LogP contribution in [0.1, 0.15) is 22.8 Å². The lowest BCUT2D eigenvalue weighted by Gasteiger charge is -2.01. The Kier molecular flexibility index (Phi) is 4.97. The van der Waals surface area contributed by atoms with Gasteiger partial charge in [-0.1, -0.05) is 65.9 Å². The maximum absolute atomic E-state index is 12.4. The first-order valence-electron chi connectivity index (χ1n) is 9.01. The van der Waals surface area contributed by atoms with E-state index in [1.165, 1.54) is 4.68 Å². The Morgan fingerprint density at radius 3 is 2.43 bits per heavy atom. The zero-order valence-electron chi connectivity index (χ0n) is 15.4. The fraction of sp³-hybridized carbons (Fsp3) is 0.143. The third-order valence-electron chi connectivity index (χ3n) is 4.20. The van der Waals surface area contributed by atoms with Crippen LogP contribution in [0.2, 0.25) is 0 Å². The van der Waals surface area contributed by atoms with Crippen LogP contribution in [-0.4, -0.2) is 37.4 Å². The van der Waals surface area contributed by atoms with E-state index in [-0.39, 0.29) is 6.61 Å². The Morgan fingerprint density at radius 1 is 1.00 bits per heavy atom. The SMILES string of the molecule is CCOC(=O)c1cn(Cc2ccccc2)nc1-n1cc(-c2ccccc2)nn1. The van der Waals surface area contributed by atoms with E-state index in [0.717, 1.165) is 11.1 Å². The number of nitrogens with zero attached hydrogens (tertiary/aromatic N) is 5. The van der Waals surface area contributed by atoms with Gasteiger partial charge >= 0.3 is 5.97 Å². The molecule has 0 aliphatic heterocycles. The first kappa shape index (κ1) is 17.7. The second-order valence-electron chi connectivity index (χ2n) is 6.18. The van der Waals surface area contributed by atoms with E-state index >= 15 is 0 Å². The van der Waals surface area contributed by atoms with Gasteiger partial charge in [0.2, 0.25) is 0 Å². The summed E-state index contributed by atoms with van der Waals surface area (Å²) < 4.78 is 8.41. The summed E-state index contributed by atoms with van der Waals surface area (Å²) in [7, 11) is 0. The zero-order valence-corrected chi connectivity index (χ0v) is 15.4. The van der Waals surface area contributed by atoms with Gasteiger partial charge in [0.1, 0.15) is 11.3 Å². The van der Waals surface area contributed by atoms with Crippen LogP contribution in [0.5, 0.6) is 0 Å². The number of benzene rings is 2. The molecule has 0 unspecified atom stereocenters. The summed E-state index contributed by atoms with van der Waals surface area (Å²) in [5, 5.41) is 12.9. The summed E-state index contributed by atoms with van der Waals surface area (Å²) in [6.07, 6.45) is 3.44. The number of esters is 1. The van der Waals surface area contributed by atoms with E-state index in [0.29, 0.717) is 23.6 Å². The van der Waals surface area contributed by atoms with Crippen molar-refractivity contribution in [1.82, 2.24) is 24.8 Å². The molecule has 0 spiro atoms. The second-order valence-corrected chi connectivity index (χ2v) is 6.18. The zero-order chi connectivity index (χ0) is 19.3. The van der Waals surface area contributed by atoms with Crippen LogP contribution in [0.4, 0.5) is 0 Å². The van der Waals surface area contributed by atoms with Crippen LogP contribution in [0.3, 0.4) is 0 Å². The Morgan fingerprint density at radius 2 is 1.71 bits per heavy atom. The third kappa shape index (κ3) is 3.68. The van der Waals surface area contributed by atoms with Crippen molar-refractivity contribution in [3.8, 4) is 17.1 Å². The standard InChI is InChI=1S/C21H19N5O2/c1-2-28-21(27)18-14-25(13-16-9-5-3-6-10-16)23-20(18)26-15-19(22-24-26)17-11-7-4-8-12-17/h3-12,14-15H,2,13H2,1H3. The van der Waals surface area contributed by atoms with Gasteiger partial charge in [-0.05, 0) is 12.5 Å². The molecule has 4 rings (SSSR count). The van der Waals surface area contributed by atoms with Crippen molar-refractivity contribution in [3.63, 3.8) is 0 Å². The molecule has 0 amide bonds. The van der Waals surface area contributed by atoms with Gasteiger partial charge in [0.15, 0.2) is 5.82 Å². The van der Waals surface area contributed by atoms with Crippen LogP contribution < -0.4 is 0 Å². The average Bonchev–Trinajstić information content (AvgIpc) is 3.37. The molecular weight excluding hydrogens is 354 g/mol. The smallest absolute Gasteiger partial charge is 0.343 e. The lowest BCUT2D eigenvalue weighted by atomic mass is 10.2. The predicted octanol–water partition coefficient (Wildman–Crippen LogP) is 3.36. The van der Waals surface area contributed by atoms with Crippen LogP contribution in [0.25, 0.3) is 17.1 Å². The van der Waals surface area contributed by atoms with E-state index < -0.39 is 5.97 Å². The number of hydrogen-bond donors (Lipinski definition) is 0. The highest BCUT2D eigenvalue weighted by molar-refractivity contribution is 5.92. The van der Waals surface area contributed by atoms with E-state index in [1.54, 1.807) is 24.0 Å². The molecule has 2 aromatic carbocycles. The maximum Gasteiger partial charge on any atom is 0.343 e. The molecule has 0 aliphatic carbocycles. The molecule has 28 heavy (non-hydrogen) atoms. The summed E-state index contributed by atoms with van der Waals surface area (Å²) in [5.41, 5.74) is 3.07. The van der Waals surface area contributed by atoms with Gasteiger partial charge < -0.3 is 4.74 Å². The van der Waals surface area contributed by atoms with Crippen LogP contribution >= 0.6 is 0 Å². The number of aromatic nitrogens is 5. The number of carbonyl (C=O) groups is 1. The van der Waals surface area contributed by atoms with Gasteiger partial charge in [-0.15, -0.1) is 5.10 Å². The Labute approximate surface area is 162 Å². The van der Waals surface area contributed by atoms with Crippen molar-refractivity contribution < 1.29 is 9.53 Å². The number of rotatable bonds is 6. The minimum Gasteiger partial charge on any atom is -0.462 e. The minimum atomic E-state index is -0.437. The topological polar surface area (TPSA) is 74.8 Å². The first-order chi connectivity index (χ1) is 13.7. The molecule has 7 heteroatoms. The van der Waals surface area contributed by atoms with Gasteiger partial charge in [-0.25, -0.2) is 4.79 Å². The van der Waals surface area contributed by atoms with Crippen molar-refractivity contribution in [2.45, 2.75) is 13.5 Å². The molecule has 0 fully saturated rings. The van der Waals surface area contributed by atoms with Crippen molar-refractivity contribution in [3.05, 3.63) is 84.2 Å². The third-order valence-corrected chi connectivity index (χ3v) is 4.20. The fourth-order valence-corrected chi connectivity index (χ4v) is 2.89. The number of carbonyl (C=O) groups excluding carboxylic acids is 1. The number of hydrogen-bond acceptors (Lipinski definition) is 5. The van der Waals surface area contributed by atoms with E-state index in [1.807, 2.05) is 60.7 Å². The maximum atomic E-state index is 12.4. The quantitative estimate of drug-likeness (QED) is 0.485. The Hall–Kier alpha value is -3.74. The van der Waals surface area contributed by atoms with Crippen molar-refractivity contribution in [2.24, 2.45) is 0 Å². The lowest BCUT2D eigenvalue weighted by molar-refractivity contribution is 0.0526. The Balaban J connectivity index is 1.70. The normalized spacial score (nSPS) is 10.8. The van der Waals surface area contributed by atoms with E-state index in [4.69, 9.17) is 4.74 Å². The first-order valence-corrected chi connectivity index (χ1v) is 9.01. The highest BCUT2D eigenvalue weighted by Crippen LogP contribution is 2.19. The molecule has 0 bridgehead atoms. The lowest BCUT2D eigenvalue weighted by Crippen LogP contribution is -2.08. The predicted molar refractivity (Wildman–Crippen MR) is 104 cm³/mol. The van der Waals surface area contributed by atoms with Crippen LogP contribution in [0.15, 0.2) is 73.1 Å². The summed E-state index contributed by atoms with van der Waals surface area (Å²) in [6, 6.07) is 19.6. The van der Waals surface area contributed by atoms with Gasteiger partial charge in [-0.2, -0.15) is 9.78 Å². The molecule has 4 aromatic rings. The Bertz CT molecular complexity index is 1070. The van der Waals surface area contributed by atoms with Gasteiger partial charge in [-0.3, -0.25) is 4.68 Å². The highest BCUT2D eigenvalue weighted by Gasteiger charge is 2.21. The molecule has 0 aliphatic rings.